The van der Waals surface area contributed by atoms with E-state index >= 15 is 0 Å². The van der Waals surface area contributed by atoms with Crippen LogP contribution in [0.1, 0.15) is 32.1 Å². The van der Waals surface area contributed by atoms with Gasteiger partial charge in [-0.25, -0.2) is 0 Å². The first kappa shape index (κ1) is 11.5. The van der Waals surface area contributed by atoms with Crippen LogP contribution in [0.2, 0.25) is 0 Å². The van der Waals surface area contributed by atoms with E-state index in [0.717, 1.165) is 45.1 Å². The van der Waals surface area contributed by atoms with E-state index in [9.17, 15) is 0 Å². The number of nitriles is 1. The summed E-state index contributed by atoms with van der Waals surface area (Å²) in [5, 5.41) is 11.7. The summed E-state index contributed by atoms with van der Waals surface area (Å²) in [6.07, 6.45) is 5.30. The van der Waals surface area contributed by atoms with Crippen LogP contribution >= 0.6 is 0 Å². The predicted molar refractivity (Wildman–Crippen MR) is 55.9 cm³/mol. The minimum atomic E-state index is 0.693. The second kappa shape index (κ2) is 7.78. The molecule has 1 fully saturated rings. The number of nitrogens with zero attached hydrogens (tertiary/aromatic N) is 1. The second-order valence-electron chi connectivity index (χ2n) is 3.88. The molecule has 1 unspecified atom stereocenters. The predicted octanol–water partition coefficient (Wildman–Crippen LogP) is 1.70. The van der Waals surface area contributed by atoms with Gasteiger partial charge in [0.05, 0.1) is 6.07 Å². The van der Waals surface area contributed by atoms with Crippen molar-refractivity contribution < 1.29 is 4.74 Å². The highest BCUT2D eigenvalue weighted by atomic mass is 16.5. The molecule has 1 N–H and O–H groups in total. The third kappa shape index (κ3) is 5.21. The molecule has 3 nitrogen and oxygen atoms in total. The van der Waals surface area contributed by atoms with Crippen LogP contribution in [0, 0.1) is 17.2 Å². The van der Waals surface area contributed by atoms with E-state index in [1.54, 1.807) is 0 Å². The summed E-state index contributed by atoms with van der Waals surface area (Å²) < 4.78 is 5.30. The van der Waals surface area contributed by atoms with E-state index < -0.39 is 0 Å². The largest absolute Gasteiger partial charge is 0.381 e. The lowest BCUT2D eigenvalue weighted by Gasteiger charge is -2.07. The van der Waals surface area contributed by atoms with Gasteiger partial charge in [-0.2, -0.15) is 5.26 Å². The lowest BCUT2D eigenvalue weighted by Crippen LogP contribution is -2.19. The molecule has 1 heterocycles. The van der Waals surface area contributed by atoms with Crippen molar-refractivity contribution in [2.75, 3.05) is 26.3 Å². The first-order chi connectivity index (χ1) is 6.93. The van der Waals surface area contributed by atoms with E-state index in [1.165, 1.54) is 12.8 Å². The van der Waals surface area contributed by atoms with Crippen molar-refractivity contribution in [2.24, 2.45) is 5.92 Å². The highest BCUT2D eigenvalue weighted by Gasteiger charge is 2.14. The lowest BCUT2D eigenvalue weighted by molar-refractivity contribution is 0.184. The summed E-state index contributed by atoms with van der Waals surface area (Å²) in [5.41, 5.74) is 0. The molecule has 80 valence electrons. The molecule has 0 saturated carbocycles. The van der Waals surface area contributed by atoms with Crippen molar-refractivity contribution in [3.8, 4) is 6.07 Å². The van der Waals surface area contributed by atoms with Crippen molar-refractivity contribution in [2.45, 2.75) is 32.1 Å². The normalized spacial score (nSPS) is 20.9. The molecule has 1 atom stereocenters. The quantitative estimate of drug-likeness (QED) is 0.630. The fourth-order valence-electron chi connectivity index (χ4n) is 1.70. The highest BCUT2D eigenvalue weighted by Crippen LogP contribution is 2.14. The Labute approximate surface area is 86.4 Å². The minimum absolute atomic E-state index is 0.693. The van der Waals surface area contributed by atoms with E-state index in [4.69, 9.17) is 10.00 Å². The zero-order valence-electron chi connectivity index (χ0n) is 8.80. The van der Waals surface area contributed by atoms with Gasteiger partial charge in [-0.1, -0.05) is 0 Å². The number of unbranched alkanes of at least 4 members (excludes halogenated alkanes) is 2. The molecule has 0 aromatic rings. The Morgan fingerprint density at radius 2 is 2.29 bits per heavy atom. The average molecular weight is 196 g/mol. The van der Waals surface area contributed by atoms with Crippen LogP contribution in [0.5, 0.6) is 0 Å². The van der Waals surface area contributed by atoms with E-state index in [-0.39, 0.29) is 0 Å². The maximum Gasteiger partial charge on any atom is 0.0621 e. The third-order valence-electron chi connectivity index (χ3n) is 2.65. The van der Waals surface area contributed by atoms with Crippen LogP contribution in [0.25, 0.3) is 0 Å². The molecule has 14 heavy (non-hydrogen) atoms. The van der Waals surface area contributed by atoms with Crippen LogP contribution in [-0.2, 0) is 4.74 Å². The Kier molecular flexibility index (Phi) is 6.38. The van der Waals surface area contributed by atoms with Crippen LogP contribution in [-0.4, -0.2) is 26.3 Å². The third-order valence-corrected chi connectivity index (χ3v) is 2.65. The minimum Gasteiger partial charge on any atom is -0.381 e. The topological polar surface area (TPSA) is 45.0 Å². The van der Waals surface area contributed by atoms with Gasteiger partial charge in [-0.3, -0.25) is 0 Å². The van der Waals surface area contributed by atoms with Gasteiger partial charge in [0.2, 0.25) is 0 Å². The summed E-state index contributed by atoms with van der Waals surface area (Å²) in [6.45, 7) is 4.05. The SMILES string of the molecule is N#CCCCCNCCC1CCOC1. The number of ether oxygens (including phenoxy) is 1. The van der Waals surface area contributed by atoms with Crippen LogP contribution in [0.3, 0.4) is 0 Å². The lowest BCUT2D eigenvalue weighted by atomic mass is 10.1. The molecule has 1 saturated heterocycles. The van der Waals surface area contributed by atoms with Crippen molar-refractivity contribution in [1.29, 1.82) is 5.26 Å². The van der Waals surface area contributed by atoms with Gasteiger partial charge < -0.3 is 10.1 Å². The molecule has 1 aliphatic heterocycles. The average Bonchev–Trinajstić information content (AvgIpc) is 2.69. The molecule has 1 aliphatic rings. The summed E-state index contributed by atoms with van der Waals surface area (Å²) in [4.78, 5) is 0. The maximum atomic E-state index is 8.33. The van der Waals surface area contributed by atoms with Crippen molar-refractivity contribution in [1.82, 2.24) is 5.32 Å². The molecule has 0 aromatic heterocycles. The van der Waals surface area contributed by atoms with Gasteiger partial charge in [-0.15, -0.1) is 0 Å². The standard InChI is InChI=1S/C11H20N2O/c12-6-2-1-3-7-13-8-4-11-5-9-14-10-11/h11,13H,1-5,7-10H2. The zero-order chi connectivity index (χ0) is 10.1. The molecule has 0 aromatic carbocycles. The van der Waals surface area contributed by atoms with E-state index in [1.807, 2.05) is 0 Å². The molecule has 0 radical (unpaired) electrons. The zero-order valence-corrected chi connectivity index (χ0v) is 8.80. The molecule has 3 heteroatoms. The summed E-state index contributed by atoms with van der Waals surface area (Å²) in [7, 11) is 0. The van der Waals surface area contributed by atoms with E-state index in [2.05, 4.69) is 11.4 Å². The first-order valence-corrected chi connectivity index (χ1v) is 5.59. The fraction of sp³-hybridized carbons (Fsp3) is 0.909. The van der Waals surface area contributed by atoms with E-state index in [0.29, 0.717) is 6.42 Å². The van der Waals surface area contributed by atoms with Gasteiger partial charge in [0.1, 0.15) is 0 Å². The van der Waals surface area contributed by atoms with Gasteiger partial charge in [-0.05, 0) is 44.7 Å². The van der Waals surface area contributed by atoms with Crippen molar-refractivity contribution >= 4 is 0 Å². The summed E-state index contributed by atoms with van der Waals surface area (Å²) in [6, 6.07) is 2.16. The summed E-state index contributed by atoms with van der Waals surface area (Å²) >= 11 is 0. The Balaban J connectivity index is 1.78. The fourth-order valence-corrected chi connectivity index (χ4v) is 1.70. The Hall–Kier alpha value is -0.590. The number of nitrogens with one attached hydrogen (secondary N) is 1. The number of hydrogen-bond donors (Lipinski definition) is 1. The molecular weight excluding hydrogens is 176 g/mol. The molecule has 1 rings (SSSR count). The Morgan fingerprint density at radius 1 is 1.36 bits per heavy atom. The molecular formula is C11H20N2O. The first-order valence-electron chi connectivity index (χ1n) is 5.59. The summed E-state index contributed by atoms with van der Waals surface area (Å²) in [5.74, 6) is 0.779. The second-order valence-corrected chi connectivity index (χ2v) is 3.88. The smallest absolute Gasteiger partial charge is 0.0621 e. The van der Waals surface area contributed by atoms with Crippen LogP contribution in [0.15, 0.2) is 0 Å². The number of hydrogen-bond acceptors (Lipinski definition) is 3. The van der Waals surface area contributed by atoms with Crippen LogP contribution in [0.4, 0.5) is 0 Å². The molecule has 0 spiro atoms. The van der Waals surface area contributed by atoms with Crippen LogP contribution < -0.4 is 5.32 Å². The van der Waals surface area contributed by atoms with Gasteiger partial charge in [0, 0.05) is 19.6 Å². The van der Waals surface area contributed by atoms with Gasteiger partial charge in [0.15, 0.2) is 0 Å². The van der Waals surface area contributed by atoms with Crippen molar-refractivity contribution in [3.05, 3.63) is 0 Å². The molecule has 0 aliphatic carbocycles. The number of rotatable bonds is 7. The van der Waals surface area contributed by atoms with Crippen molar-refractivity contribution in [3.63, 3.8) is 0 Å². The Bertz CT molecular complexity index is 171. The maximum absolute atomic E-state index is 8.33. The highest BCUT2D eigenvalue weighted by molar-refractivity contribution is 4.69. The molecule has 0 bridgehead atoms. The van der Waals surface area contributed by atoms with Gasteiger partial charge in [0.25, 0.3) is 0 Å². The van der Waals surface area contributed by atoms with Gasteiger partial charge >= 0.3 is 0 Å². The monoisotopic (exact) mass is 196 g/mol. The Morgan fingerprint density at radius 3 is 3.00 bits per heavy atom. The molecule has 0 amide bonds.